The van der Waals surface area contributed by atoms with E-state index in [0.717, 1.165) is 22.5 Å². The number of hydrogen-bond donors (Lipinski definition) is 2. The third-order valence-corrected chi connectivity index (χ3v) is 2.95. The number of pyridine rings is 1. The monoisotopic (exact) mass is 262 g/mol. The molecule has 0 atom stereocenters. The van der Waals surface area contributed by atoms with Crippen LogP contribution in [0.25, 0.3) is 0 Å². The quantitative estimate of drug-likeness (QED) is 0.830. The predicted octanol–water partition coefficient (Wildman–Crippen LogP) is 3.67. The Bertz CT molecular complexity index is 546. The molecule has 0 saturated carbocycles. The van der Waals surface area contributed by atoms with Gasteiger partial charge in [-0.3, -0.25) is 0 Å². The van der Waals surface area contributed by atoms with Crippen molar-refractivity contribution in [2.75, 3.05) is 5.32 Å². The fourth-order valence-corrected chi connectivity index (χ4v) is 2.01. The van der Waals surface area contributed by atoms with Gasteiger partial charge in [-0.1, -0.05) is 29.8 Å². The number of phenols is 1. The highest BCUT2D eigenvalue weighted by Gasteiger charge is 2.03. The van der Waals surface area contributed by atoms with Crippen LogP contribution in [0.4, 0.5) is 5.82 Å². The zero-order chi connectivity index (χ0) is 13.1. The van der Waals surface area contributed by atoms with Gasteiger partial charge in [0.25, 0.3) is 0 Å². The maximum Gasteiger partial charge on any atom is 0.131 e. The van der Waals surface area contributed by atoms with E-state index in [1.165, 1.54) is 0 Å². The van der Waals surface area contributed by atoms with Gasteiger partial charge < -0.3 is 10.4 Å². The number of nitrogens with zero attached hydrogens (tertiary/aromatic N) is 1. The molecule has 0 spiro atoms. The van der Waals surface area contributed by atoms with E-state index in [2.05, 4.69) is 10.3 Å². The van der Waals surface area contributed by atoms with Gasteiger partial charge in [0.05, 0.1) is 0 Å². The first-order chi connectivity index (χ1) is 8.56. The molecule has 0 bridgehead atoms. The smallest absolute Gasteiger partial charge is 0.131 e. The number of benzene rings is 1. The summed E-state index contributed by atoms with van der Waals surface area (Å²) in [5.41, 5.74) is 2.86. The standard InChI is InChI=1S/C14H15ClN2O/c1-9-6-11(7-10(2)14(9)18)8-16-13-5-3-4-12(15)17-13/h3-7,18H,8H2,1-2H3,(H,16,17). The van der Waals surface area contributed by atoms with Gasteiger partial charge >= 0.3 is 0 Å². The molecule has 0 aliphatic rings. The molecule has 2 rings (SSSR count). The van der Waals surface area contributed by atoms with Crippen molar-refractivity contribution in [1.82, 2.24) is 4.98 Å². The molecular weight excluding hydrogens is 248 g/mol. The van der Waals surface area contributed by atoms with E-state index < -0.39 is 0 Å². The maximum absolute atomic E-state index is 9.70. The van der Waals surface area contributed by atoms with Crippen molar-refractivity contribution in [2.24, 2.45) is 0 Å². The number of phenolic OH excluding ortho intramolecular Hbond substituents is 1. The van der Waals surface area contributed by atoms with Gasteiger partial charge in [0, 0.05) is 6.54 Å². The van der Waals surface area contributed by atoms with Crippen LogP contribution >= 0.6 is 11.6 Å². The molecule has 1 heterocycles. The second kappa shape index (κ2) is 5.27. The number of halogens is 1. The summed E-state index contributed by atoms with van der Waals surface area (Å²) in [5.74, 6) is 1.10. The van der Waals surface area contributed by atoms with Crippen molar-refractivity contribution in [3.05, 3.63) is 52.2 Å². The summed E-state index contributed by atoms with van der Waals surface area (Å²) in [6, 6.07) is 9.37. The summed E-state index contributed by atoms with van der Waals surface area (Å²) in [6.45, 7) is 4.43. The molecule has 0 saturated heterocycles. The van der Waals surface area contributed by atoms with Crippen LogP contribution in [0.2, 0.25) is 5.15 Å². The first-order valence-corrected chi connectivity index (χ1v) is 6.09. The van der Waals surface area contributed by atoms with Crippen molar-refractivity contribution in [3.63, 3.8) is 0 Å². The lowest BCUT2D eigenvalue weighted by Crippen LogP contribution is -2.02. The molecule has 18 heavy (non-hydrogen) atoms. The Labute approximate surface area is 111 Å². The molecule has 0 radical (unpaired) electrons. The van der Waals surface area contributed by atoms with Crippen molar-refractivity contribution in [1.29, 1.82) is 0 Å². The molecule has 3 nitrogen and oxygen atoms in total. The topological polar surface area (TPSA) is 45.2 Å². The average Bonchev–Trinajstić information content (AvgIpc) is 2.33. The molecule has 2 aromatic rings. The van der Waals surface area contributed by atoms with Crippen LogP contribution in [0, 0.1) is 13.8 Å². The average molecular weight is 263 g/mol. The molecular formula is C14H15ClN2O. The van der Waals surface area contributed by atoms with Gasteiger partial charge in [-0.25, -0.2) is 4.98 Å². The Morgan fingerprint density at radius 1 is 1.22 bits per heavy atom. The third-order valence-electron chi connectivity index (χ3n) is 2.74. The molecule has 0 aliphatic carbocycles. The van der Waals surface area contributed by atoms with Crippen LogP contribution in [0.5, 0.6) is 5.75 Å². The van der Waals surface area contributed by atoms with E-state index in [1.54, 1.807) is 6.07 Å². The van der Waals surface area contributed by atoms with Crippen LogP contribution in [-0.2, 0) is 6.54 Å². The summed E-state index contributed by atoms with van der Waals surface area (Å²) in [7, 11) is 0. The molecule has 0 fully saturated rings. The lowest BCUT2D eigenvalue weighted by Gasteiger charge is -2.09. The second-order valence-electron chi connectivity index (χ2n) is 4.28. The van der Waals surface area contributed by atoms with Gasteiger partial charge in [0.2, 0.25) is 0 Å². The van der Waals surface area contributed by atoms with Crippen LogP contribution in [0.15, 0.2) is 30.3 Å². The van der Waals surface area contributed by atoms with Crippen molar-refractivity contribution < 1.29 is 5.11 Å². The minimum atomic E-state index is 0.361. The number of anilines is 1. The summed E-state index contributed by atoms with van der Waals surface area (Å²) >= 11 is 5.81. The van der Waals surface area contributed by atoms with Crippen LogP contribution in [0.3, 0.4) is 0 Å². The summed E-state index contributed by atoms with van der Waals surface area (Å²) in [5, 5.41) is 13.4. The molecule has 0 unspecified atom stereocenters. The van der Waals surface area contributed by atoms with E-state index >= 15 is 0 Å². The van der Waals surface area contributed by atoms with E-state index in [4.69, 9.17) is 11.6 Å². The van der Waals surface area contributed by atoms with Crippen molar-refractivity contribution >= 4 is 17.4 Å². The minimum absolute atomic E-state index is 0.361. The normalized spacial score (nSPS) is 10.4. The number of rotatable bonds is 3. The summed E-state index contributed by atoms with van der Waals surface area (Å²) < 4.78 is 0. The lowest BCUT2D eigenvalue weighted by atomic mass is 10.1. The molecule has 94 valence electrons. The molecule has 0 aliphatic heterocycles. The fraction of sp³-hybridized carbons (Fsp3) is 0.214. The zero-order valence-electron chi connectivity index (χ0n) is 10.4. The first-order valence-electron chi connectivity index (χ1n) is 5.72. The zero-order valence-corrected chi connectivity index (χ0v) is 11.1. The number of nitrogens with one attached hydrogen (secondary N) is 1. The SMILES string of the molecule is Cc1cc(CNc2cccc(Cl)n2)cc(C)c1O. The summed E-state index contributed by atoms with van der Waals surface area (Å²) in [6.07, 6.45) is 0. The Balaban J connectivity index is 2.11. The van der Waals surface area contributed by atoms with E-state index in [9.17, 15) is 5.11 Å². The molecule has 0 amide bonds. The van der Waals surface area contributed by atoms with Gasteiger partial charge in [-0.15, -0.1) is 0 Å². The maximum atomic E-state index is 9.70. The first kappa shape index (κ1) is 12.7. The van der Waals surface area contributed by atoms with Gasteiger partial charge in [0.1, 0.15) is 16.7 Å². The van der Waals surface area contributed by atoms with E-state index in [1.807, 2.05) is 38.1 Å². The van der Waals surface area contributed by atoms with Crippen LogP contribution in [0.1, 0.15) is 16.7 Å². The third kappa shape index (κ3) is 2.93. The Kier molecular flexibility index (Phi) is 3.72. The molecule has 4 heteroatoms. The number of aromatic nitrogens is 1. The van der Waals surface area contributed by atoms with E-state index in [-0.39, 0.29) is 0 Å². The Hall–Kier alpha value is -1.74. The molecule has 1 aromatic heterocycles. The Morgan fingerprint density at radius 2 is 1.89 bits per heavy atom. The number of hydrogen-bond acceptors (Lipinski definition) is 3. The van der Waals surface area contributed by atoms with Gasteiger partial charge in [0.15, 0.2) is 0 Å². The van der Waals surface area contributed by atoms with Gasteiger partial charge in [-0.05, 0) is 42.7 Å². The number of aryl methyl sites for hydroxylation is 2. The fourth-order valence-electron chi connectivity index (χ4n) is 1.85. The van der Waals surface area contributed by atoms with Crippen molar-refractivity contribution in [3.8, 4) is 5.75 Å². The van der Waals surface area contributed by atoms with Crippen LogP contribution < -0.4 is 5.32 Å². The highest BCUT2D eigenvalue weighted by molar-refractivity contribution is 6.29. The largest absolute Gasteiger partial charge is 0.507 e. The molecule has 1 aromatic carbocycles. The van der Waals surface area contributed by atoms with Crippen LogP contribution in [-0.4, -0.2) is 10.1 Å². The number of aromatic hydroxyl groups is 1. The highest BCUT2D eigenvalue weighted by atomic mass is 35.5. The highest BCUT2D eigenvalue weighted by Crippen LogP contribution is 2.23. The minimum Gasteiger partial charge on any atom is -0.507 e. The predicted molar refractivity (Wildman–Crippen MR) is 74.2 cm³/mol. The molecule has 2 N–H and O–H groups in total. The second-order valence-corrected chi connectivity index (χ2v) is 4.66. The van der Waals surface area contributed by atoms with Gasteiger partial charge in [-0.2, -0.15) is 0 Å². The summed E-state index contributed by atoms with van der Waals surface area (Å²) in [4.78, 5) is 4.16. The van der Waals surface area contributed by atoms with Crippen molar-refractivity contribution in [2.45, 2.75) is 20.4 Å². The van der Waals surface area contributed by atoms with E-state index in [0.29, 0.717) is 17.4 Å². The Morgan fingerprint density at radius 3 is 2.50 bits per heavy atom. The lowest BCUT2D eigenvalue weighted by molar-refractivity contribution is 0.466.